The molecule has 7 heteroatoms. The van der Waals surface area contributed by atoms with Crippen molar-refractivity contribution < 1.29 is 22.6 Å². The first-order chi connectivity index (χ1) is 10.8. The number of hydrogen-bond donors (Lipinski definition) is 1. The zero-order valence-electron chi connectivity index (χ0n) is 12.7. The molecule has 1 unspecified atom stereocenters. The molecule has 0 amide bonds. The molecule has 0 bridgehead atoms. The summed E-state index contributed by atoms with van der Waals surface area (Å²) in [7, 11) is 0. The van der Waals surface area contributed by atoms with E-state index in [0.717, 1.165) is 0 Å². The van der Waals surface area contributed by atoms with Crippen LogP contribution >= 0.6 is 0 Å². The van der Waals surface area contributed by atoms with Crippen LogP contribution in [-0.4, -0.2) is 17.8 Å². The van der Waals surface area contributed by atoms with Crippen molar-refractivity contribution in [3.05, 3.63) is 47.7 Å². The third kappa shape index (κ3) is 4.28. The van der Waals surface area contributed by atoms with E-state index in [9.17, 15) is 13.2 Å². The third-order valence-corrected chi connectivity index (χ3v) is 3.07. The Hall–Kier alpha value is -2.44. The molecule has 1 aromatic carbocycles. The molecule has 0 fully saturated rings. The number of nitrogens with zero attached hydrogens (tertiary/aromatic N) is 1. The molecule has 0 saturated carbocycles. The van der Waals surface area contributed by atoms with Crippen molar-refractivity contribution in [3.8, 4) is 11.6 Å². The molecule has 2 N–H and O–H groups in total. The smallest absolute Gasteiger partial charge is 0.429 e. The van der Waals surface area contributed by atoms with Crippen LogP contribution in [0.15, 0.2) is 36.5 Å². The first-order valence-electron chi connectivity index (χ1n) is 6.99. The molecule has 124 valence electrons. The highest BCUT2D eigenvalue weighted by atomic mass is 19.4. The Kier molecular flexibility index (Phi) is 4.98. The normalized spacial score (nSPS) is 12.7. The molecular formula is C16H17F3N2O2. The lowest BCUT2D eigenvalue weighted by Crippen LogP contribution is -2.26. The molecule has 23 heavy (non-hydrogen) atoms. The minimum atomic E-state index is -4.58. The Morgan fingerprint density at radius 3 is 2.39 bits per heavy atom. The van der Waals surface area contributed by atoms with Gasteiger partial charge < -0.3 is 15.2 Å². The lowest BCUT2D eigenvalue weighted by molar-refractivity contribution is -0.198. The van der Waals surface area contributed by atoms with E-state index in [1.807, 2.05) is 0 Å². The number of ether oxygens (including phenoxy) is 2. The van der Waals surface area contributed by atoms with Crippen molar-refractivity contribution in [2.75, 3.05) is 12.3 Å². The van der Waals surface area contributed by atoms with Gasteiger partial charge in [0.1, 0.15) is 5.75 Å². The van der Waals surface area contributed by atoms with Crippen LogP contribution in [0.1, 0.15) is 24.2 Å². The lowest BCUT2D eigenvalue weighted by Gasteiger charge is -2.22. The summed E-state index contributed by atoms with van der Waals surface area (Å²) in [5.41, 5.74) is 6.31. The second kappa shape index (κ2) is 6.76. The maximum Gasteiger partial charge on any atom is 0.429 e. The third-order valence-electron chi connectivity index (χ3n) is 3.07. The van der Waals surface area contributed by atoms with Gasteiger partial charge in [-0.15, -0.1) is 0 Å². The van der Waals surface area contributed by atoms with E-state index in [0.29, 0.717) is 23.6 Å². The average molecular weight is 326 g/mol. The molecule has 0 aliphatic rings. The van der Waals surface area contributed by atoms with Crippen LogP contribution in [0.2, 0.25) is 0 Å². The number of pyridine rings is 1. The summed E-state index contributed by atoms with van der Waals surface area (Å²) in [6, 6.07) is 7.12. The van der Waals surface area contributed by atoms with Gasteiger partial charge >= 0.3 is 6.18 Å². The SMILES string of the molecule is CCOc1ccc(C(Oc2ncc(N)cc2C)C(F)(F)F)cc1. The minimum absolute atomic E-state index is 0.0287. The minimum Gasteiger partial charge on any atom is -0.494 e. The number of rotatable bonds is 5. The largest absolute Gasteiger partial charge is 0.494 e. The number of hydrogen-bond acceptors (Lipinski definition) is 4. The molecule has 0 spiro atoms. The van der Waals surface area contributed by atoms with Gasteiger partial charge in [0.15, 0.2) is 0 Å². The molecular weight excluding hydrogens is 309 g/mol. The van der Waals surface area contributed by atoms with Gasteiger partial charge in [0.05, 0.1) is 18.5 Å². The van der Waals surface area contributed by atoms with E-state index >= 15 is 0 Å². The van der Waals surface area contributed by atoms with Crippen LogP contribution in [0.3, 0.4) is 0 Å². The van der Waals surface area contributed by atoms with Crippen molar-refractivity contribution >= 4 is 5.69 Å². The number of anilines is 1. The summed E-state index contributed by atoms with van der Waals surface area (Å²) in [5.74, 6) is 0.398. The fourth-order valence-corrected chi connectivity index (χ4v) is 2.05. The van der Waals surface area contributed by atoms with Crippen LogP contribution in [-0.2, 0) is 0 Å². The highest BCUT2D eigenvalue weighted by molar-refractivity contribution is 5.42. The first-order valence-corrected chi connectivity index (χ1v) is 6.99. The Morgan fingerprint density at radius 1 is 1.22 bits per heavy atom. The van der Waals surface area contributed by atoms with Crippen molar-refractivity contribution in [3.63, 3.8) is 0 Å². The maximum atomic E-state index is 13.3. The molecule has 0 aliphatic carbocycles. The van der Waals surface area contributed by atoms with Crippen molar-refractivity contribution in [1.29, 1.82) is 0 Å². The van der Waals surface area contributed by atoms with Gasteiger partial charge in [-0.2, -0.15) is 13.2 Å². The Morgan fingerprint density at radius 2 is 1.87 bits per heavy atom. The second-order valence-corrected chi connectivity index (χ2v) is 4.93. The van der Waals surface area contributed by atoms with Gasteiger partial charge in [-0.05, 0) is 32.0 Å². The van der Waals surface area contributed by atoms with Gasteiger partial charge in [0, 0.05) is 11.1 Å². The molecule has 0 radical (unpaired) electrons. The van der Waals surface area contributed by atoms with E-state index in [1.165, 1.54) is 36.5 Å². The number of nitrogen functional groups attached to an aromatic ring is 1. The van der Waals surface area contributed by atoms with Crippen LogP contribution in [0, 0.1) is 6.92 Å². The Bertz CT molecular complexity index is 657. The van der Waals surface area contributed by atoms with E-state index in [2.05, 4.69) is 4.98 Å². The Labute approximate surface area is 132 Å². The average Bonchev–Trinajstić information content (AvgIpc) is 2.47. The highest BCUT2D eigenvalue weighted by Crippen LogP contribution is 2.37. The Balaban J connectivity index is 2.30. The van der Waals surface area contributed by atoms with E-state index in [-0.39, 0.29) is 11.4 Å². The van der Waals surface area contributed by atoms with Crippen molar-refractivity contribution in [2.24, 2.45) is 0 Å². The molecule has 0 saturated heterocycles. The fourth-order valence-electron chi connectivity index (χ4n) is 2.05. The predicted molar refractivity (Wildman–Crippen MR) is 80.4 cm³/mol. The van der Waals surface area contributed by atoms with Crippen LogP contribution in [0.4, 0.5) is 18.9 Å². The van der Waals surface area contributed by atoms with Gasteiger partial charge in [-0.3, -0.25) is 0 Å². The van der Waals surface area contributed by atoms with Crippen molar-refractivity contribution in [1.82, 2.24) is 4.98 Å². The zero-order chi connectivity index (χ0) is 17.0. The quantitative estimate of drug-likeness (QED) is 0.900. The molecule has 2 rings (SSSR count). The lowest BCUT2D eigenvalue weighted by atomic mass is 10.1. The molecule has 1 heterocycles. The molecule has 1 atom stereocenters. The fraction of sp³-hybridized carbons (Fsp3) is 0.312. The van der Waals surface area contributed by atoms with Gasteiger partial charge in [-0.1, -0.05) is 12.1 Å². The molecule has 2 aromatic rings. The number of benzene rings is 1. The summed E-state index contributed by atoms with van der Waals surface area (Å²) in [6.07, 6.45) is -5.44. The van der Waals surface area contributed by atoms with Crippen LogP contribution in [0.25, 0.3) is 0 Å². The summed E-state index contributed by atoms with van der Waals surface area (Å²) in [5, 5.41) is 0. The highest BCUT2D eigenvalue weighted by Gasteiger charge is 2.43. The van der Waals surface area contributed by atoms with Gasteiger partial charge in [0.25, 0.3) is 0 Å². The van der Waals surface area contributed by atoms with Gasteiger partial charge in [-0.25, -0.2) is 4.98 Å². The molecule has 0 aliphatic heterocycles. The first kappa shape index (κ1) is 16.9. The number of aryl methyl sites for hydroxylation is 1. The number of alkyl halides is 3. The van der Waals surface area contributed by atoms with E-state index in [1.54, 1.807) is 13.8 Å². The summed E-state index contributed by atoms with van der Waals surface area (Å²) in [4.78, 5) is 3.83. The maximum absolute atomic E-state index is 13.3. The number of aromatic nitrogens is 1. The van der Waals surface area contributed by atoms with E-state index in [4.69, 9.17) is 15.2 Å². The summed E-state index contributed by atoms with van der Waals surface area (Å²) < 4.78 is 50.4. The molecule has 1 aromatic heterocycles. The molecule has 4 nitrogen and oxygen atoms in total. The number of nitrogens with two attached hydrogens (primary N) is 1. The number of halogens is 3. The summed E-state index contributed by atoms with van der Waals surface area (Å²) in [6.45, 7) is 3.82. The zero-order valence-corrected chi connectivity index (χ0v) is 12.7. The predicted octanol–water partition coefficient (Wildman–Crippen LogP) is 4.05. The summed E-state index contributed by atoms with van der Waals surface area (Å²) >= 11 is 0. The second-order valence-electron chi connectivity index (χ2n) is 4.93. The van der Waals surface area contributed by atoms with E-state index < -0.39 is 12.3 Å². The van der Waals surface area contributed by atoms with Gasteiger partial charge in [0.2, 0.25) is 12.0 Å². The van der Waals surface area contributed by atoms with Crippen LogP contribution < -0.4 is 15.2 Å². The monoisotopic (exact) mass is 326 g/mol. The topological polar surface area (TPSA) is 57.4 Å². The van der Waals surface area contributed by atoms with Crippen LogP contribution in [0.5, 0.6) is 11.6 Å². The standard InChI is InChI=1S/C16H17F3N2O2/c1-3-22-13-6-4-11(5-7-13)14(16(17,18)19)23-15-10(2)8-12(20)9-21-15/h4-9,14H,3,20H2,1-2H3. The van der Waals surface area contributed by atoms with Crippen molar-refractivity contribution in [2.45, 2.75) is 26.1 Å².